The van der Waals surface area contributed by atoms with Gasteiger partial charge in [0.05, 0.1) is 28.3 Å². The van der Waals surface area contributed by atoms with E-state index in [1.54, 1.807) is 0 Å². The summed E-state index contributed by atoms with van der Waals surface area (Å²) in [6.07, 6.45) is 1.09. The van der Waals surface area contributed by atoms with Crippen molar-refractivity contribution < 1.29 is 19.8 Å². The van der Waals surface area contributed by atoms with E-state index in [4.69, 9.17) is 4.98 Å². The van der Waals surface area contributed by atoms with Gasteiger partial charge in [-0.2, -0.15) is 0 Å². The summed E-state index contributed by atoms with van der Waals surface area (Å²) in [7, 11) is 0. The molecule has 0 aliphatic heterocycles. The zero-order valence-corrected chi connectivity index (χ0v) is 19.9. The van der Waals surface area contributed by atoms with Gasteiger partial charge in [0.2, 0.25) is 0 Å². The van der Waals surface area contributed by atoms with Crippen molar-refractivity contribution in [1.82, 2.24) is 10.3 Å². The van der Waals surface area contributed by atoms with E-state index < -0.39 is 23.0 Å². The molecule has 3 aliphatic rings. The molecule has 1 atom stereocenters. The second-order valence-electron chi connectivity index (χ2n) is 9.40. The molecule has 3 N–H and O–H groups in total. The summed E-state index contributed by atoms with van der Waals surface area (Å²) in [4.78, 5) is 30.5. The number of hydrogen-bond donors (Lipinski definition) is 3. The molecule has 3 saturated carbocycles. The van der Waals surface area contributed by atoms with E-state index in [1.165, 1.54) is 0 Å². The zero-order valence-electron chi connectivity index (χ0n) is 18.3. The van der Waals surface area contributed by atoms with Gasteiger partial charge in [0.1, 0.15) is 0 Å². The number of amides is 1. The summed E-state index contributed by atoms with van der Waals surface area (Å²) in [5.74, 6) is -1.16. The van der Waals surface area contributed by atoms with Crippen LogP contribution in [0.3, 0.4) is 0 Å². The minimum absolute atomic E-state index is 0.216. The van der Waals surface area contributed by atoms with Gasteiger partial charge in [0, 0.05) is 21.0 Å². The minimum atomic E-state index is -1.09. The molecule has 1 amide bonds. The number of fused-ring (bicyclic) bond motifs is 4. The second-order valence-corrected chi connectivity index (χ2v) is 10.3. The van der Waals surface area contributed by atoms with Crippen LogP contribution in [0.2, 0.25) is 0 Å². The van der Waals surface area contributed by atoms with E-state index in [1.807, 2.05) is 55.5 Å². The van der Waals surface area contributed by atoms with Crippen LogP contribution < -0.4 is 5.32 Å². The fraction of sp³-hybridized carbons (Fsp3) is 0.346. The van der Waals surface area contributed by atoms with E-state index in [-0.39, 0.29) is 12.3 Å². The van der Waals surface area contributed by atoms with Crippen LogP contribution in [0.4, 0.5) is 0 Å². The number of carboxylic acid groups (broad SMARTS) is 1. The van der Waals surface area contributed by atoms with Crippen molar-refractivity contribution in [2.24, 2.45) is 5.41 Å². The van der Waals surface area contributed by atoms with Gasteiger partial charge in [-0.1, -0.05) is 46.3 Å². The summed E-state index contributed by atoms with van der Waals surface area (Å²) < 4.78 is 0.855. The lowest BCUT2D eigenvalue weighted by atomic mass is 9.55. The van der Waals surface area contributed by atoms with Crippen molar-refractivity contribution in [2.45, 2.75) is 50.7 Å². The van der Waals surface area contributed by atoms with Gasteiger partial charge in [-0.05, 0) is 62.8 Å². The molecule has 3 aromatic rings. The number of benzene rings is 2. The lowest BCUT2D eigenvalue weighted by Crippen LogP contribution is -2.64. The number of rotatable bonds is 4. The average molecular weight is 509 g/mol. The highest BCUT2D eigenvalue weighted by atomic mass is 79.9. The zero-order chi connectivity index (χ0) is 23.4. The summed E-state index contributed by atoms with van der Waals surface area (Å²) in [6.45, 7) is 1.91. The fourth-order valence-corrected chi connectivity index (χ4v) is 5.97. The molecule has 2 aromatic carbocycles. The molecule has 2 bridgehead atoms. The van der Waals surface area contributed by atoms with Gasteiger partial charge >= 0.3 is 5.97 Å². The van der Waals surface area contributed by atoms with Crippen molar-refractivity contribution in [3.05, 3.63) is 64.1 Å². The highest BCUT2D eigenvalue weighted by Crippen LogP contribution is 2.52. The van der Waals surface area contributed by atoms with Gasteiger partial charge in [-0.25, -0.2) is 4.98 Å². The Hall–Kier alpha value is -2.77. The van der Waals surface area contributed by atoms with Crippen molar-refractivity contribution in [3.8, 4) is 11.3 Å². The molecule has 3 aliphatic carbocycles. The molecule has 6 nitrogen and oxygen atoms in total. The maximum Gasteiger partial charge on any atom is 0.312 e. The van der Waals surface area contributed by atoms with E-state index in [0.717, 1.165) is 32.2 Å². The van der Waals surface area contributed by atoms with Gasteiger partial charge in [-0.3, -0.25) is 9.59 Å². The number of aliphatic hydroxyl groups is 1. The summed E-state index contributed by atoms with van der Waals surface area (Å²) in [5.41, 5.74) is 2.07. The first-order valence-corrected chi connectivity index (χ1v) is 11.9. The third-order valence-electron chi connectivity index (χ3n) is 7.59. The number of aliphatic carboxylic acids is 1. The Bertz CT molecular complexity index is 1270. The first-order chi connectivity index (χ1) is 15.7. The number of aliphatic hydroxyl groups excluding tert-OH is 1. The molecule has 1 unspecified atom stereocenters. The molecule has 170 valence electrons. The number of nitrogens with zero attached hydrogens (tertiary/aromatic N) is 1. The Morgan fingerprint density at radius 3 is 2.42 bits per heavy atom. The first kappa shape index (κ1) is 22.0. The standard InChI is InChI=1S/C26H25BrN2O4/c1-15-21(23(31)29-25-9-11-26(12-10-25,24(32)33)20(30)14-25)18-13-17(27)7-8-19(18)28-22(15)16-5-3-2-4-6-16/h2-8,13,20,30H,9-12,14H2,1H3,(H,29,31)(H,32,33). The van der Waals surface area contributed by atoms with Crippen molar-refractivity contribution >= 4 is 38.7 Å². The first-order valence-electron chi connectivity index (χ1n) is 11.1. The topological polar surface area (TPSA) is 99.5 Å². The predicted octanol–water partition coefficient (Wildman–Crippen LogP) is 4.85. The van der Waals surface area contributed by atoms with E-state index in [0.29, 0.717) is 31.2 Å². The molecule has 1 heterocycles. The molecule has 0 radical (unpaired) electrons. The second kappa shape index (κ2) is 7.92. The van der Waals surface area contributed by atoms with Gasteiger partial charge in [0.25, 0.3) is 5.91 Å². The molecular weight excluding hydrogens is 484 g/mol. The maximum absolute atomic E-state index is 13.8. The quantitative estimate of drug-likeness (QED) is 0.467. The largest absolute Gasteiger partial charge is 0.481 e. The SMILES string of the molecule is Cc1c(-c2ccccc2)nc2ccc(Br)cc2c1C(=O)NC12CCC(C(=O)O)(CC1)C(O)C2. The smallest absolute Gasteiger partial charge is 0.312 e. The number of hydrogen-bond acceptors (Lipinski definition) is 4. The molecule has 0 spiro atoms. The molecule has 7 heteroatoms. The van der Waals surface area contributed by atoms with Crippen LogP contribution in [-0.2, 0) is 4.79 Å². The highest BCUT2D eigenvalue weighted by molar-refractivity contribution is 9.10. The van der Waals surface area contributed by atoms with Crippen LogP contribution in [0.1, 0.15) is 48.0 Å². The third kappa shape index (κ3) is 3.54. The van der Waals surface area contributed by atoms with Gasteiger partial charge in [-0.15, -0.1) is 0 Å². The molecule has 6 rings (SSSR count). The highest BCUT2D eigenvalue weighted by Gasteiger charge is 2.58. The van der Waals surface area contributed by atoms with Crippen LogP contribution in [0.25, 0.3) is 22.2 Å². The Kier molecular flexibility index (Phi) is 5.29. The lowest BCUT2D eigenvalue weighted by Gasteiger charge is -2.54. The summed E-state index contributed by atoms with van der Waals surface area (Å²) in [5, 5.41) is 24.3. The summed E-state index contributed by atoms with van der Waals surface area (Å²) in [6, 6.07) is 15.5. The third-order valence-corrected chi connectivity index (χ3v) is 8.08. The van der Waals surface area contributed by atoms with Crippen molar-refractivity contribution in [2.75, 3.05) is 0 Å². The van der Waals surface area contributed by atoms with E-state index >= 15 is 0 Å². The number of halogens is 1. The average Bonchev–Trinajstić information content (AvgIpc) is 2.79. The van der Waals surface area contributed by atoms with E-state index in [2.05, 4.69) is 21.2 Å². The Balaban J connectivity index is 1.57. The molecule has 0 saturated heterocycles. The molecule has 1 aromatic heterocycles. The van der Waals surface area contributed by atoms with Crippen molar-refractivity contribution in [1.29, 1.82) is 0 Å². The van der Waals surface area contributed by atoms with Gasteiger partial charge < -0.3 is 15.5 Å². The van der Waals surface area contributed by atoms with Crippen LogP contribution in [-0.4, -0.2) is 38.7 Å². The Morgan fingerprint density at radius 2 is 1.79 bits per heavy atom. The van der Waals surface area contributed by atoms with Crippen LogP contribution in [0.15, 0.2) is 53.0 Å². The molecular formula is C26H25BrN2O4. The predicted molar refractivity (Wildman–Crippen MR) is 129 cm³/mol. The lowest BCUT2D eigenvalue weighted by molar-refractivity contribution is -0.171. The van der Waals surface area contributed by atoms with Crippen LogP contribution in [0, 0.1) is 12.3 Å². The fourth-order valence-electron chi connectivity index (χ4n) is 5.61. The molecule has 3 fully saturated rings. The maximum atomic E-state index is 13.8. The number of carbonyl (C=O) groups is 2. The number of aromatic nitrogens is 1. The Morgan fingerprint density at radius 1 is 1.09 bits per heavy atom. The van der Waals surface area contributed by atoms with E-state index in [9.17, 15) is 19.8 Å². The minimum Gasteiger partial charge on any atom is -0.481 e. The van der Waals surface area contributed by atoms with Crippen molar-refractivity contribution in [3.63, 3.8) is 0 Å². The number of carboxylic acids is 1. The van der Waals surface area contributed by atoms with Crippen LogP contribution >= 0.6 is 15.9 Å². The van der Waals surface area contributed by atoms with Gasteiger partial charge in [0.15, 0.2) is 0 Å². The Labute approximate surface area is 200 Å². The summed E-state index contributed by atoms with van der Waals surface area (Å²) >= 11 is 3.51. The van der Waals surface area contributed by atoms with Crippen LogP contribution in [0.5, 0.6) is 0 Å². The normalized spacial score (nSPS) is 26.3. The monoisotopic (exact) mass is 508 g/mol. The number of pyridine rings is 1. The number of nitrogens with one attached hydrogen (secondary N) is 1. The number of carbonyl (C=O) groups excluding carboxylic acids is 1. The molecule has 33 heavy (non-hydrogen) atoms.